The van der Waals surface area contributed by atoms with Crippen LogP contribution in [-0.2, 0) is 0 Å². The molecule has 0 aliphatic heterocycles. The van der Waals surface area contributed by atoms with Crippen LogP contribution in [0.2, 0.25) is 0 Å². The Morgan fingerprint density at radius 3 is 2.69 bits per heavy atom. The Kier molecular flexibility index (Phi) is 2.79. The van der Waals surface area contributed by atoms with Gasteiger partial charge < -0.3 is 10.3 Å². The highest BCUT2D eigenvalue weighted by molar-refractivity contribution is 5.43. The SMILES string of the molecule is Cc1ccc(-n2cncc2[C@@H](C)N)c(C)c1. The number of hydrogen-bond acceptors (Lipinski definition) is 2. The van der Waals surface area contributed by atoms with E-state index in [0.29, 0.717) is 0 Å². The maximum atomic E-state index is 5.92. The molecule has 1 aromatic heterocycles. The first-order valence-corrected chi connectivity index (χ1v) is 5.45. The fourth-order valence-electron chi connectivity index (χ4n) is 1.92. The average Bonchev–Trinajstić information content (AvgIpc) is 2.66. The molecule has 0 bridgehead atoms. The Morgan fingerprint density at radius 1 is 1.31 bits per heavy atom. The van der Waals surface area contributed by atoms with E-state index < -0.39 is 0 Å². The molecule has 0 fully saturated rings. The maximum Gasteiger partial charge on any atom is 0.0994 e. The summed E-state index contributed by atoms with van der Waals surface area (Å²) >= 11 is 0. The highest BCUT2D eigenvalue weighted by atomic mass is 15.1. The van der Waals surface area contributed by atoms with E-state index in [4.69, 9.17) is 5.73 Å². The van der Waals surface area contributed by atoms with Gasteiger partial charge in [0.15, 0.2) is 0 Å². The smallest absolute Gasteiger partial charge is 0.0994 e. The molecule has 0 unspecified atom stereocenters. The molecule has 3 heteroatoms. The quantitative estimate of drug-likeness (QED) is 0.836. The normalized spacial score (nSPS) is 12.8. The van der Waals surface area contributed by atoms with Crippen molar-refractivity contribution in [2.75, 3.05) is 0 Å². The summed E-state index contributed by atoms with van der Waals surface area (Å²) in [6, 6.07) is 6.37. The molecule has 3 nitrogen and oxygen atoms in total. The van der Waals surface area contributed by atoms with Crippen LogP contribution in [0.3, 0.4) is 0 Å². The lowest BCUT2D eigenvalue weighted by atomic mass is 10.1. The molecule has 0 spiro atoms. The molecule has 0 saturated carbocycles. The summed E-state index contributed by atoms with van der Waals surface area (Å²) < 4.78 is 2.06. The van der Waals surface area contributed by atoms with Gasteiger partial charge in [0.2, 0.25) is 0 Å². The van der Waals surface area contributed by atoms with Crippen molar-refractivity contribution in [3.63, 3.8) is 0 Å². The molecule has 2 aromatic rings. The van der Waals surface area contributed by atoms with E-state index in [0.717, 1.165) is 11.4 Å². The number of nitrogens with two attached hydrogens (primary N) is 1. The van der Waals surface area contributed by atoms with Gasteiger partial charge in [-0.15, -0.1) is 0 Å². The Bertz CT molecular complexity index is 498. The summed E-state index contributed by atoms with van der Waals surface area (Å²) in [6.45, 7) is 6.17. The predicted molar refractivity (Wildman–Crippen MR) is 65.6 cm³/mol. The van der Waals surface area contributed by atoms with Crippen LogP contribution >= 0.6 is 0 Å². The fourth-order valence-corrected chi connectivity index (χ4v) is 1.92. The number of hydrogen-bond donors (Lipinski definition) is 1. The summed E-state index contributed by atoms with van der Waals surface area (Å²) in [5.41, 5.74) is 10.6. The summed E-state index contributed by atoms with van der Waals surface area (Å²) in [7, 11) is 0. The third kappa shape index (κ3) is 1.86. The van der Waals surface area contributed by atoms with Gasteiger partial charge in [-0.1, -0.05) is 17.7 Å². The Balaban J connectivity index is 2.54. The number of rotatable bonds is 2. The van der Waals surface area contributed by atoms with Crippen LogP contribution in [0.25, 0.3) is 5.69 Å². The first-order valence-electron chi connectivity index (χ1n) is 5.45. The molecule has 2 N–H and O–H groups in total. The molecule has 0 amide bonds. The third-order valence-electron chi connectivity index (χ3n) is 2.75. The van der Waals surface area contributed by atoms with Gasteiger partial charge >= 0.3 is 0 Å². The van der Waals surface area contributed by atoms with Crippen LogP contribution in [0.1, 0.15) is 29.8 Å². The van der Waals surface area contributed by atoms with E-state index >= 15 is 0 Å². The Hall–Kier alpha value is -1.61. The molecule has 2 rings (SSSR count). The van der Waals surface area contributed by atoms with Crippen LogP contribution < -0.4 is 5.73 Å². The second kappa shape index (κ2) is 4.10. The molecule has 1 atom stereocenters. The molecule has 0 aliphatic carbocycles. The van der Waals surface area contributed by atoms with Crippen molar-refractivity contribution in [1.29, 1.82) is 0 Å². The average molecular weight is 215 g/mol. The van der Waals surface area contributed by atoms with Crippen LogP contribution in [0.5, 0.6) is 0 Å². The second-order valence-electron chi connectivity index (χ2n) is 4.27. The van der Waals surface area contributed by atoms with Gasteiger partial charge in [-0.05, 0) is 32.4 Å². The van der Waals surface area contributed by atoms with Crippen molar-refractivity contribution in [1.82, 2.24) is 9.55 Å². The zero-order chi connectivity index (χ0) is 11.7. The molecule has 0 radical (unpaired) electrons. The monoisotopic (exact) mass is 215 g/mol. The predicted octanol–water partition coefficient (Wildman–Crippen LogP) is 2.51. The van der Waals surface area contributed by atoms with Crippen LogP contribution in [0.15, 0.2) is 30.7 Å². The van der Waals surface area contributed by atoms with E-state index in [1.165, 1.54) is 11.1 Å². The van der Waals surface area contributed by atoms with E-state index in [-0.39, 0.29) is 6.04 Å². The second-order valence-corrected chi connectivity index (χ2v) is 4.27. The first kappa shape index (κ1) is 10.9. The molecular formula is C13H17N3. The molecule has 84 valence electrons. The lowest BCUT2D eigenvalue weighted by molar-refractivity contribution is 0.751. The zero-order valence-corrected chi connectivity index (χ0v) is 9.94. The highest BCUT2D eigenvalue weighted by Crippen LogP contribution is 2.20. The zero-order valence-electron chi connectivity index (χ0n) is 9.94. The maximum absolute atomic E-state index is 5.92. The van der Waals surface area contributed by atoms with Gasteiger partial charge in [0.1, 0.15) is 0 Å². The number of benzene rings is 1. The van der Waals surface area contributed by atoms with E-state index in [1.54, 1.807) is 0 Å². The van der Waals surface area contributed by atoms with Crippen LogP contribution in [0, 0.1) is 13.8 Å². The standard InChI is InChI=1S/C13H17N3/c1-9-4-5-12(10(2)6-9)16-8-15-7-13(16)11(3)14/h4-8,11H,14H2,1-3H3/t11-/m1/s1. The molecule has 16 heavy (non-hydrogen) atoms. The third-order valence-corrected chi connectivity index (χ3v) is 2.75. The minimum Gasteiger partial charge on any atom is -0.323 e. The minimum atomic E-state index is -0.0109. The molecule has 0 saturated heterocycles. The van der Waals surface area contributed by atoms with Gasteiger partial charge in [-0.2, -0.15) is 0 Å². The van der Waals surface area contributed by atoms with Crippen molar-refractivity contribution < 1.29 is 0 Å². The topological polar surface area (TPSA) is 43.8 Å². The van der Waals surface area contributed by atoms with Crippen molar-refractivity contribution in [2.45, 2.75) is 26.8 Å². The highest BCUT2D eigenvalue weighted by Gasteiger charge is 2.09. The van der Waals surface area contributed by atoms with E-state index in [1.807, 2.05) is 19.4 Å². The van der Waals surface area contributed by atoms with Crippen molar-refractivity contribution in [3.8, 4) is 5.69 Å². The summed E-state index contributed by atoms with van der Waals surface area (Å²) in [4.78, 5) is 4.17. The van der Waals surface area contributed by atoms with Crippen molar-refractivity contribution in [2.24, 2.45) is 5.73 Å². The largest absolute Gasteiger partial charge is 0.323 e. The number of imidazole rings is 1. The van der Waals surface area contributed by atoms with Gasteiger partial charge in [0.25, 0.3) is 0 Å². The van der Waals surface area contributed by atoms with Gasteiger partial charge in [-0.25, -0.2) is 4.98 Å². The lowest BCUT2D eigenvalue weighted by Crippen LogP contribution is -2.11. The van der Waals surface area contributed by atoms with Crippen molar-refractivity contribution in [3.05, 3.63) is 47.5 Å². The fraction of sp³-hybridized carbons (Fsp3) is 0.308. The van der Waals surface area contributed by atoms with E-state index in [9.17, 15) is 0 Å². The van der Waals surface area contributed by atoms with Crippen LogP contribution in [0.4, 0.5) is 0 Å². The van der Waals surface area contributed by atoms with E-state index in [2.05, 4.69) is 41.6 Å². The molecular weight excluding hydrogens is 198 g/mol. The number of nitrogens with zero attached hydrogens (tertiary/aromatic N) is 2. The van der Waals surface area contributed by atoms with Crippen LogP contribution in [-0.4, -0.2) is 9.55 Å². The Labute approximate surface area is 95.9 Å². The van der Waals surface area contributed by atoms with Gasteiger partial charge in [-0.3, -0.25) is 0 Å². The summed E-state index contributed by atoms with van der Waals surface area (Å²) in [6.07, 6.45) is 3.64. The van der Waals surface area contributed by atoms with Crippen molar-refractivity contribution >= 4 is 0 Å². The molecule has 1 heterocycles. The summed E-state index contributed by atoms with van der Waals surface area (Å²) in [5, 5.41) is 0. The number of aromatic nitrogens is 2. The van der Waals surface area contributed by atoms with Gasteiger partial charge in [0.05, 0.1) is 18.2 Å². The first-order chi connectivity index (χ1) is 7.59. The minimum absolute atomic E-state index is 0.0109. The molecule has 1 aromatic carbocycles. The number of aryl methyl sites for hydroxylation is 2. The summed E-state index contributed by atoms with van der Waals surface area (Å²) in [5.74, 6) is 0. The van der Waals surface area contributed by atoms with Gasteiger partial charge in [0, 0.05) is 11.7 Å². The molecule has 0 aliphatic rings. The Morgan fingerprint density at radius 2 is 2.06 bits per heavy atom. The lowest BCUT2D eigenvalue weighted by Gasteiger charge is -2.13.